The zero-order valence-electron chi connectivity index (χ0n) is 11.7. The van der Waals surface area contributed by atoms with Gasteiger partial charge in [-0.1, -0.05) is 6.07 Å². The van der Waals surface area contributed by atoms with Gasteiger partial charge in [-0.15, -0.1) is 0 Å². The van der Waals surface area contributed by atoms with Gasteiger partial charge in [-0.3, -0.25) is 10.1 Å². The van der Waals surface area contributed by atoms with Crippen molar-refractivity contribution in [2.24, 2.45) is 0 Å². The van der Waals surface area contributed by atoms with Crippen LogP contribution in [-0.4, -0.2) is 19.3 Å². The molecule has 0 aliphatic heterocycles. The smallest absolute Gasteiger partial charge is 0.288 e. The molecule has 3 rings (SSSR count). The molecule has 8 heteroatoms. The Labute approximate surface area is 134 Å². The Morgan fingerprint density at radius 2 is 2.32 bits per heavy atom. The van der Waals surface area contributed by atoms with E-state index in [1.165, 1.54) is 12.3 Å². The average molecular weight is 362 g/mol. The van der Waals surface area contributed by atoms with Gasteiger partial charge >= 0.3 is 0 Å². The molecule has 0 amide bonds. The van der Waals surface area contributed by atoms with Crippen LogP contribution in [0.15, 0.2) is 41.3 Å². The largest absolute Gasteiger partial charge is 0.363 e. The van der Waals surface area contributed by atoms with Crippen molar-refractivity contribution in [2.45, 2.75) is 13.5 Å². The summed E-state index contributed by atoms with van der Waals surface area (Å²) in [6.45, 7) is 2.48. The summed E-state index contributed by atoms with van der Waals surface area (Å²) in [7, 11) is 0. The predicted octanol–water partition coefficient (Wildman–Crippen LogP) is 3.32. The number of nitro groups is 1. The van der Waals surface area contributed by atoms with Gasteiger partial charge in [0.05, 0.1) is 21.6 Å². The lowest BCUT2D eigenvalue weighted by Gasteiger charge is -2.05. The van der Waals surface area contributed by atoms with E-state index in [2.05, 4.69) is 31.2 Å². The molecule has 0 radical (unpaired) electrons. The number of pyridine rings is 2. The fraction of sp³-hybridized carbons (Fsp3) is 0.143. The zero-order valence-corrected chi connectivity index (χ0v) is 13.2. The number of rotatable bonds is 4. The first kappa shape index (κ1) is 14.5. The fourth-order valence-electron chi connectivity index (χ4n) is 2.12. The Bertz CT molecular complexity index is 862. The van der Waals surface area contributed by atoms with Crippen molar-refractivity contribution in [1.82, 2.24) is 14.4 Å². The van der Waals surface area contributed by atoms with Crippen molar-refractivity contribution in [2.75, 3.05) is 5.32 Å². The highest BCUT2D eigenvalue weighted by molar-refractivity contribution is 9.10. The first-order valence-electron chi connectivity index (χ1n) is 6.51. The molecule has 3 aromatic heterocycles. The summed E-state index contributed by atoms with van der Waals surface area (Å²) < 4.78 is 2.51. The van der Waals surface area contributed by atoms with Crippen LogP contribution in [0.3, 0.4) is 0 Å². The van der Waals surface area contributed by atoms with Crippen LogP contribution in [0.25, 0.3) is 5.65 Å². The van der Waals surface area contributed by atoms with Gasteiger partial charge in [0, 0.05) is 18.5 Å². The third-order valence-electron chi connectivity index (χ3n) is 3.20. The number of imidazole rings is 1. The maximum Gasteiger partial charge on any atom is 0.288 e. The van der Waals surface area contributed by atoms with Crippen molar-refractivity contribution in [1.29, 1.82) is 0 Å². The Hall–Kier alpha value is -2.48. The minimum Gasteiger partial charge on any atom is -0.363 e. The molecule has 0 spiro atoms. The molecule has 0 aliphatic rings. The summed E-state index contributed by atoms with van der Waals surface area (Å²) in [6, 6.07) is 5.40. The van der Waals surface area contributed by atoms with Gasteiger partial charge in [0.25, 0.3) is 5.69 Å². The maximum atomic E-state index is 10.7. The van der Waals surface area contributed by atoms with E-state index < -0.39 is 4.92 Å². The molecule has 22 heavy (non-hydrogen) atoms. The Balaban J connectivity index is 1.79. The van der Waals surface area contributed by atoms with E-state index >= 15 is 0 Å². The molecule has 0 fully saturated rings. The summed E-state index contributed by atoms with van der Waals surface area (Å²) in [5, 5.41) is 13.8. The fourth-order valence-corrected chi connectivity index (χ4v) is 2.60. The number of nitrogens with one attached hydrogen (secondary N) is 1. The highest BCUT2D eigenvalue weighted by Crippen LogP contribution is 2.24. The van der Waals surface area contributed by atoms with Crippen molar-refractivity contribution >= 4 is 33.1 Å². The second-order valence-electron chi connectivity index (χ2n) is 4.79. The molecular formula is C14H12BrN5O2. The van der Waals surface area contributed by atoms with Crippen LogP contribution in [0, 0.1) is 17.0 Å². The molecular weight excluding hydrogens is 350 g/mol. The van der Waals surface area contributed by atoms with Crippen LogP contribution in [0.5, 0.6) is 0 Å². The van der Waals surface area contributed by atoms with Crippen molar-refractivity contribution in [3.8, 4) is 0 Å². The van der Waals surface area contributed by atoms with Gasteiger partial charge < -0.3 is 9.72 Å². The minimum absolute atomic E-state index is 0.0548. The van der Waals surface area contributed by atoms with Crippen LogP contribution in [-0.2, 0) is 6.54 Å². The number of nitrogens with zero attached hydrogens (tertiary/aromatic N) is 4. The van der Waals surface area contributed by atoms with Crippen LogP contribution in [0.2, 0.25) is 0 Å². The van der Waals surface area contributed by atoms with E-state index in [9.17, 15) is 10.1 Å². The van der Waals surface area contributed by atoms with E-state index in [1.54, 1.807) is 0 Å². The van der Waals surface area contributed by atoms with Gasteiger partial charge in [-0.25, -0.2) is 9.97 Å². The number of halogens is 1. The number of aromatic nitrogens is 3. The van der Waals surface area contributed by atoms with Gasteiger partial charge in [0.1, 0.15) is 17.7 Å². The van der Waals surface area contributed by atoms with Crippen LogP contribution in [0.1, 0.15) is 11.3 Å². The monoisotopic (exact) mass is 361 g/mol. The zero-order chi connectivity index (χ0) is 15.7. The summed E-state index contributed by atoms with van der Waals surface area (Å²) in [6.07, 6.45) is 5.11. The van der Waals surface area contributed by atoms with Crippen molar-refractivity contribution < 1.29 is 4.92 Å². The van der Waals surface area contributed by atoms with E-state index in [1.807, 2.05) is 35.9 Å². The predicted molar refractivity (Wildman–Crippen MR) is 85.8 cm³/mol. The number of hydrogen-bond acceptors (Lipinski definition) is 5. The number of fused-ring (bicyclic) bond motifs is 1. The third-order valence-corrected chi connectivity index (χ3v) is 3.81. The molecule has 0 aromatic carbocycles. The lowest BCUT2D eigenvalue weighted by atomic mass is 10.3. The highest BCUT2D eigenvalue weighted by Gasteiger charge is 2.11. The summed E-state index contributed by atoms with van der Waals surface area (Å²) in [4.78, 5) is 18.8. The molecule has 3 aromatic rings. The van der Waals surface area contributed by atoms with E-state index in [0.29, 0.717) is 16.8 Å². The molecule has 0 saturated carbocycles. The molecule has 112 valence electrons. The molecule has 0 unspecified atom stereocenters. The standard InChI is InChI=1S/C14H12BrN5O2/c1-9-3-2-4-19-8-10(18-14(9)19)6-16-13-12(15)5-11(7-17-13)20(21)22/h2-5,7-8H,6H2,1H3,(H,16,17). The number of anilines is 1. The van der Waals surface area contributed by atoms with Crippen molar-refractivity contribution in [3.63, 3.8) is 0 Å². The summed E-state index contributed by atoms with van der Waals surface area (Å²) in [5.41, 5.74) is 2.82. The van der Waals surface area contributed by atoms with Crippen molar-refractivity contribution in [3.05, 3.63) is 62.6 Å². The Morgan fingerprint density at radius 3 is 3.00 bits per heavy atom. The van der Waals surface area contributed by atoms with E-state index in [-0.39, 0.29) is 5.69 Å². The maximum absolute atomic E-state index is 10.7. The Morgan fingerprint density at radius 1 is 1.50 bits per heavy atom. The topological polar surface area (TPSA) is 85.4 Å². The molecule has 7 nitrogen and oxygen atoms in total. The molecule has 0 aliphatic carbocycles. The van der Waals surface area contributed by atoms with E-state index in [0.717, 1.165) is 16.9 Å². The average Bonchev–Trinajstić information content (AvgIpc) is 2.90. The highest BCUT2D eigenvalue weighted by atomic mass is 79.9. The Kier molecular flexibility index (Phi) is 3.76. The van der Waals surface area contributed by atoms with Crippen LogP contribution >= 0.6 is 15.9 Å². The first-order chi connectivity index (χ1) is 10.5. The van der Waals surface area contributed by atoms with Gasteiger partial charge in [0.2, 0.25) is 0 Å². The van der Waals surface area contributed by atoms with Gasteiger partial charge in [-0.2, -0.15) is 0 Å². The summed E-state index contributed by atoms with van der Waals surface area (Å²) in [5.74, 6) is 0.541. The minimum atomic E-state index is -0.480. The quantitative estimate of drug-likeness (QED) is 0.569. The van der Waals surface area contributed by atoms with Crippen LogP contribution < -0.4 is 5.32 Å². The summed E-state index contributed by atoms with van der Waals surface area (Å²) >= 11 is 3.28. The third kappa shape index (κ3) is 2.77. The second-order valence-corrected chi connectivity index (χ2v) is 5.64. The van der Waals surface area contributed by atoms with Gasteiger partial charge in [0.15, 0.2) is 0 Å². The number of aryl methyl sites for hydroxylation is 1. The second kappa shape index (κ2) is 5.72. The molecule has 0 saturated heterocycles. The molecule has 0 atom stereocenters. The number of hydrogen-bond donors (Lipinski definition) is 1. The molecule has 1 N–H and O–H groups in total. The molecule has 3 heterocycles. The van der Waals surface area contributed by atoms with Gasteiger partial charge in [-0.05, 0) is 34.5 Å². The SMILES string of the molecule is Cc1cccn2cc(CNc3ncc([N+](=O)[O-])cc3Br)nc12. The normalized spacial score (nSPS) is 10.8. The lowest BCUT2D eigenvalue weighted by Crippen LogP contribution is -2.03. The van der Waals surface area contributed by atoms with E-state index in [4.69, 9.17) is 0 Å². The van der Waals surface area contributed by atoms with Crippen LogP contribution in [0.4, 0.5) is 11.5 Å². The lowest BCUT2D eigenvalue weighted by molar-refractivity contribution is -0.385. The molecule has 0 bridgehead atoms. The first-order valence-corrected chi connectivity index (χ1v) is 7.31.